The van der Waals surface area contributed by atoms with Crippen molar-refractivity contribution in [3.63, 3.8) is 0 Å². The molecule has 1 saturated heterocycles. The molecule has 2 atom stereocenters. The average molecular weight is 680 g/mol. The van der Waals surface area contributed by atoms with Gasteiger partial charge in [-0.25, -0.2) is 9.69 Å². The van der Waals surface area contributed by atoms with E-state index in [4.69, 9.17) is 16.3 Å². The smallest absolute Gasteiger partial charge is 0.335 e. The number of anilines is 2. The first-order valence-electron chi connectivity index (χ1n) is 16.8. The molecule has 3 aliphatic rings. The zero-order chi connectivity index (χ0) is 34.2. The Bertz CT molecular complexity index is 2060. The molecule has 5 aromatic carbocycles. The molecule has 8 heteroatoms. The van der Waals surface area contributed by atoms with Crippen LogP contribution in [0.1, 0.15) is 58.1 Å². The number of imide groups is 2. The van der Waals surface area contributed by atoms with Gasteiger partial charge in [-0.1, -0.05) is 109 Å². The topological polar surface area (TPSA) is 79.0 Å². The van der Waals surface area contributed by atoms with Crippen LogP contribution in [0.25, 0.3) is 6.08 Å². The summed E-state index contributed by atoms with van der Waals surface area (Å²) in [7, 11) is 0. The molecule has 1 fully saturated rings. The highest BCUT2D eigenvalue weighted by atomic mass is 35.5. The minimum absolute atomic E-state index is 0.0834. The summed E-state index contributed by atoms with van der Waals surface area (Å²) < 4.78 is 5.90. The fourth-order valence-electron chi connectivity index (χ4n) is 7.49. The number of hydrogen-bond acceptors (Lipinski definition) is 5. The predicted octanol–water partition coefficient (Wildman–Crippen LogP) is 8.46. The number of urea groups is 1. The second-order valence-corrected chi connectivity index (χ2v) is 13.3. The number of benzene rings is 5. The molecule has 0 aromatic heterocycles. The molecule has 3 heterocycles. The lowest BCUT2D eigenvalue weighted by molar-refractivity contribution is -0.122. The van der Waals surface area contributed by atoms with E-state index in [-0.39, 0.29) is 17.4 Å². The summed E-state index contributed by atoms with van der Waals surface area (Å²) in [5.74, 6) is -0.805. The van der Waals surface area contributed by atoms with Crippen LogP contribution in [-0.4, -0.2) is 30.9 Å². The van der Waals surface area contributed by atoms with Crippen LogP contribution in [0.3, 0.4) is 0 Å². The number of barbiturate groups is 1. The molecule has 0 aliphatic carbocycles. The highest BCUT2D eigenvalue weighted by molar-refractivity contribution is 6.39. The maximum absolute atomic E-state index is 14.2. The van der Waals surface area contributed by atoms with Crippen molar-refractivity contribution in [1.29, 1.82) is 0 Å². The fraction of sp³-hybridized carbons (Fsp3) is 0.167. The van der Waals surface area contributed by atoms with E-state index in [0.717, 1.165) is 47.5 Å². The fourth-order valence-corrected chi connectivity index (χ4v) is 7.73. The molecule has 0 spiro atoms. The van der Waals surface area contributed by atoms with Crippen LogP contribution in [0, 0.1) is 0 Å². The Kier molecular flexibility index (Phi) is 8.43. The standard InChI is InChI=1S/C42H34ClN3O4/c43-37-23-28(16-17-38(37)50-26-27-10-4-1-5-11-27)22-36-40(47)44-42(49)46(41(36)48)31-24-34-32(29-12-6-2-7-13-29)18-20-45-21-19-33(35(25-31)39(34)45)30-14-8-3-9-15-30/h1-17,22-25,32-33H,18-21,26H2,(H,44,47,49)/b36-22+/t32-,33-/m1/s1. The van der Waals surface area contributed by atoms with E-state index in [1.165, 1.54) is 22.9 Å². The van der Waals surface area contributed by atoms with Crippen LogP contribution in [0.4, 0.5) is 16.2 Å². The maximum Gasteiger partial charge on any atom is 0.335 e. The van der Waals surface area contributed by atoms with Crippen LogP contribution >= 0.6 is 11.6 Å². The number of carbonyl (C=O) groups excluding carboxylic acids is 3. The van der Waals surface area contributed by atoms with Crippen molar-refractivity contribution in [1.82, 2.24) is 5.32 Å². The van der Waals surface area contributed by atoms with Gasteiger partial charge in [0.15, 0.2) is 0 Å². The van der Waals surface area contributed by atoms with Crippen LogP contribution < -0.4 is 19.9 Å². The van der Waals surface area contributed by atoms with Crippen molar-refractivity contribution in [3.05, 3.63) is 165 Å². The molecule has 0 bridgehead atoms. The third-order valence-electron chi connectivity index (χ3n) is 9.86. The molecule has 248 valence electrons. The number of nitrogens with one attached hydrogen (secondary N) is 1. The molecule has 0 unspecified atom stereocenters. The van der Waals surface area contributed by atoms with E-state index in [1.54, 1.807) is 18.2 Å². The zero-order valence-electron chi connectivity index (χ0n) is 27.2. The third-order valence-corrected chi connectivity index (χ3v) is 10.2. The summed E-state index contributed by atoms with van der Waals surface area (Å²) >= 11 is 6.57. The van der Waals surface area contributed by atoms with Gasteiger partial charge in [-0.15, -0.1) is 0 Å². The summed E-state index contributed by atoms with van der Waals surface area (Å²) in [4.78, 5) is 44.5. The van der Waals surface area contributed by atoms with E-state index in [2.05, 4.69) is 34.5 Å². The van der Waals surface area contributed by atoms with Gasteiger partial charge in [0.1, 0.15) is 17.9 Å². The van der Waals surface area contributed by atoms with Crippen molar-refractivity contribution in [2.75, 3.05) is 22.9 Å². The molecule has 4 amide bonds. The molecule has 7 nitrogen and oxygen atoms in total. The van der Waals surface area contributed by atoms with Crippen molar-refractivity contribution in [3.8, 4) is 5.75 Å². The Morgan fingerprint density at radius 3 is 1.90 bits per heavy atom. The summed E-state index contributed by atoms with van der Waals surface area (Å²) in [5.41, 5.74) is 7.51. The molecule has 50 heavy (non-hydrogen) atoms. The minimum atomic E-state index is -0.775. The third kappa shape index (κ3) is 5.94. The first kappa shape index (κ1) is 31.6. The number of nitrogens with zero attached hydrogens (tertiary/aromatic N) is 2. The van der Waals surface area contributed by atoms with Gasteiger partial charge < -0.3 is 9.64 Å². The van der Waals surface area contributed by atoms with Gasteiger partial charge in [-0.05, 0) is 76.6 Å². The number of hydrogen-bond donors (Lipinski definition) is 1. The first-order valence-corrected chi connectivity index (χ1v) is 17.2. The van der Waals surface area contributed by atoms with Crippen molar-refractivity contribution >= 4 is 46.9 Å². The van der Waals surface area contributed by atoms with E-state index in [9.17, 15) is 14.4 Å². The molecular weight excluding hydrogens is 646 g/mol. The Labute approximate surface area is 295 Å². The largest absolute Gasteiger partial charge is 0.487 e. The van der Waals surface area contributed by atoms with E-state index >= 15 is 0 Å². The average Bonchev–Trinajstić information content (AvgIpc) is 3.14. The summed E-state index contributed by atoms with van der Waals surface area (Å²) in [6, 6.07) is 38.7. The van der Waals surface area contributed by atoms with Crippen molar-refractivity contribution in [2.45, 2.75) is 31.3 Å². The highest BCUT2D eigenvalue weighted by Crippen LogP contribution is 2.50. The molecule has 5 aromatic rings. The molecule has 3 aliphatic heterocycles. The zero-order valence-corrected chi connectivity index (χ0v) is 28.0. The normalized spacial score (nSPS) is 19.3. The van der Waals surface area contributed by atoms with Gasteiger partial charge >= 0.3 is 6.03 Å². The Balaban J connectivity index is 1.17. The van der Waals surface area contributed by atoms with Crippen LogP contribution in [0.2, 0.25) is 5.02 Å². The van der Waals surface area contributed by atoms with Gasteiger partial charge in [-0.3, -0.25) is 14.9 Å². The van der Waals surface area contributed by atoms with Gasteiger partial charge in [0.05, 0.1) is 10.7 Å². The molecular formula is C42H34ClN3O4. The van der Waals surface area contributed by atoms with Crippen LogP contribution in [0.5, 0.6) is 5.75 Å². The Morgan fingerprint density at radius 2 is 1.32 bits per heavy atom. The van der Waals surface area contributed by atoms with Gasteiger partial charge in [-0.2, -0.15) is 0 Å². The number of rotatable bonds is 7. The van der Waals surface area contributed by atoms with Gasteiger partial charge in [0.2, 0.25) is 0 Å². The molecule has 8 rings (SSSR count). The lowest BCUT2D eigenvalue weighted by Gasteiger charge is -2.44. The lowest BCUT2D eigenvalue weighted by atomic mass is 9.76. The number of carbonyl (C=O) groups is 3. The highest BCUT2D eigenvalue weighted by Gasteiger charge is 2.40. The van der Waals surface area contributed by atoms with Crippen LogP contribution in [-0.2, 0) is 16.2 Å². The first-order chi connectivity index (χ1) is 24.4. The van der Waals surface area contributed by atoms with Gasteiger partial charge in [0, 0.05) is 30.6 Å². The quantitative estimate of drug-likeness (QED) is 0.138. The minimum Gasteiger partial charge on any atom is -0.487 e. The van der Waals surface area contributed by atoms with Crippen LogP contribution in [0.15, 0.2) is 127 Å². The SMILES string of the molecule is O=C1NC(=O)N(c2cc3c4c(c2)[C@@H](c2ccccc2)CCN4CC[C@@H]3c2ccccc2)C(=O)/C1=C/c1ccc(OCc2ccccc2)c(Cl)c1. The second-order valence-electron chi connectivity index (χ2n) is 12.9. The van der Waals surface area contributed by atoms with E-state index < -0.39 is 17.8 Å². The van der Waals surface area contributed by atoms with Crippen molar-refractivity contribution in [2.24, 2.45) is 0 Å². The summed E-state index contributed by atoms with van der Waals surface area (Å²) in [5, 5.41) is 2.75. The number of ether oxygens (including phenoxy) is 1. The van der Waals surface area contributed by atoms with E-state index in [1.807, 2.05) is 78.9 Å². The second kappa shape index (κ2) is 13.3. The van der Waals surface area contributed by atoms with Crippen molar-refractivity contribution < 1.29 is 19.1 Å². The number of amides is 4. The molecule has 0 saturated carbocycles. The Hall–Kier alpha value is -5.66. The molecule has 0 radical (unpaired) electrons. The Morgan fingerprint density at radius 1 is 0.740 bits per heavy atom. The summed E-state index contributed by atoms with van der Waals surface area (Å²) in [6.45, 7) is 2.18. The molecule has 1 N–H and O–H groups in total. The predicted molar refractivity (Wildman–Crippen MR) is 196 cm³/mol. The maximum atomic E-state index is 14.2. The monoisotopic (exact) mass is 679 g/mol. The lowest BCUT2D eigenvalue weighted by Crippen LogP contribution is -2.54. The summed E-state index contributed by atoms with van der Waals surface area (Å²) in [6.07, 6.45) is 3.28. The van der Waals surface area contributed by atoms with E-state index in [0.29, 0.717) is 28.6 Å². The number of halogens is 1. The van der Waals surface area contributed by atoms with Gasteiger partial charge in [0.25, 0.3) is 11.8 Å².